The number of carbonyl (C=O) groups is 1. The fourth-order valence-corrected chi connectivity index (χ4v) is 6.35. The summed E-state index contributed by atoms with van der Waals surface area (Å²) in [6.07, 6.45) is 1.82. The van der Waals surface area contributed by atoms with Crippen molar-refractivity contribution in [1.82, 2.24) is 20.2 Å². The van der Waals surface area contributed by atoms with Crippen molar-refractivity contribution >= 4 is 5.97 Å². The zero-order chi connectivity index (χ0) is 30.5. The van der Waals surface area contributed by atoms with E-state index in [9.17, 15) is 9.90 Å². The lowest BCUT2D eigenvalue weighted by Crippen LogP contribution is -2.27. The molecule has 224 valence electrons. The molecular weight excluding hydrogens is 547 g/mol. The number of hydrogen-bond donors (Lipinski definition) is 1. The third kappa shape index (κ3) is 5.91. The van der Waals surface area contributed by atoms with Gasteiger partial charge < -0.3 is 14.6 Å². The van der Waals surface area contributed by atoms with Crippen LogP contribution >= 0.6 is 0 Å². The molecule has 8 nitrogen and oxygen atoms in total. The average molecular weight is 585 g/mol. The average Bonchev–Trinajstić information content (AvgIpc) is 3.43. The van der Waals surface area contributed by atoms with Crippen molar-refractivity contribution in [2.75, 3.05) is 6.61 Å². The van der Waals surface area contributed by atoms with Crippen LogP contribution < -0.4 is 4.74 Å². The van der Waals surface area contributed by atoms with Gasteiger partial charge in [0, 0.05) is 11.1 Å². The Hall–Kier alpha value is -4.11. The summed E-state index contributed by atoms with van der Waals surface area (Å²) in [4.78, 5) is 13.4. The Balaban J connectivity index is 1.22. The summed E-state index contributed by atoms with van der Waals surface area (Å²) < 4.78 is 26.8. The van der Waals surface area contributed by atoms with Crippen LogP contribution in [0.4, 0.5) is 4.39 Å². The number of esters is 1. The topological polar surface area (TPSA) is 99.4 Å². The molecular formula is C34H37FN4O4. The smallest absolute Gasteiger partial charge is 0.309 e. The first kappa shape index (κ1) is 29.0. The van der Waals surface area contributed by atoms with E-state index in [1.54, 1.807) is 13.8 Å². The Bertz CT molecular complexity index is 1650. The highest BCUT2D eigenvalue weighted by Gasteiger charge is 2.45. The Labute approximate surface area is 250 Å². The minimum atomic E-state index is -0.951. The van der Waals surface area contributed by atoms with E-state index in [0.29, 0.717) is 36.6 Å². The molecule has 0 unspecified atom stereocenters. The molecule has 0 saturated heterocycles. The van der Waals surface area contributed by atoms with Crippen LogP contribution in [-0.4, -0.2) is 43.5 Å². The van der Waals surface area contributed by atoms with Gasteiger partial charge in [-0.05, 0) is 129 Å². The minimum absolute atomic E-state index is 0.0640. The van der Waals surface area contributed by atoms with Gasteiger partial charge in [-0.15, -0.1) is 10.2 Å². The number of tetrazole rings is 1. The third-order valence-electron chi connectivity index (χ3n) is 8.29. The van der Waals surface area contributed by atoms with Crippen molar-refractivity contribution in [1.29, 1.82) is 0 Å². The number of aryl methyl sites for hydroxylation is 2. The van der Waals surface area contributed by atoms with Gasteiger partial charge in [-0.2, -0.15) is 4.80 Å². The van der Waals surface area contributed by atoms with Crippen LogP contribution in [0.1, 0.15) is 73.5 Å². The SMILES string of the molecule is CCOC(=O)[C@H]1C[C@@H]1c1ccc(O[C@@H]2CCc3c(-c4c(C)cc(-c5nnn(CC(C)(C)O)n5)cc4C)ccc(F)c32)cc1. The number of ether oxygens (including phenoxy) is 2. The van der Waals surface area contributed by atoms with E-state index in [1.165, 1.54) is 10.9 Å². The maximum Gasteiger partial charge on any atom is 0.309 e. The molecule has 1 aromatic heterocycles. The number of carbonyl (C=O) groups excluding carboxylic acids is 1. The second kappa shape index (κ2) is 11.2. The molecule has 0 bridgehead atoms. The summed E-state index contributed by atoms with van der Waals surface area (Å²) in [6, 6.07) is 15.3. The van der Waals surface area contributed by atoms with Gasteiger partial charge in [0.1, 0.15) is 17.7 Å². The lowest BCUT2D eigenvalue weighted by molar-refractivity contribution is -0.144. The molecule has 3 atom stereocenters. The lowest BCUT2D eigenvalue weighted by atomic mass is 9.89. The molecule has 3 aromatic carbocycles. The van der Waals surface area contributed by atoms with Gasteiger partial charge in [0.25, 0.3) is 0 Å². The summed E-state index contributed by atoms with van der Waals surface area (Å²) in [5, 5.41) is 22.8. The van der Waals surface area contributed by atoms with Crippen molar-refractivity contribution < 1.29 is 23.8 Å². The van der Waals surface area contributed by atoms with Gasteiger partial charge in [0.15, 0.2) is 0 Å². The minimum Gasteiger partial charge on any atom is -0.486 e. The Kier molecular flexibility index (Phi) is 7.54. The number of rotatable bonds is 9. The maximum absolute atomic E-state index is 15.3. The molecule has 1 fully saturated rings. The van der Waals surface area contributed by atoms with Gasteiger partial charge in [-0.1, -0.05) is 18.2 Å². The first-order valence-electron chi connectivity index (χ1n) is 14.9. The zero-order valence-corrected chi connectivity index (χ0v) is 25.2. The van der Waals surface area contributed by atoms with Crippen LogP contribution in [0.25, 0.3) is 22.5 Å². The van der Waals surface area contributed by atoms with Gasteiger partial charge in [-0.25, -0.2) is 4.39 Å². The summed E-state index contributed by atoms with van der Waals surface area (Å²) in [5.41, 5.74) is 6.71. The summed E-state index contributed by atoms with van der Waals surface area (Å²) in [6.45, 7) is 9.93. The van der Waals surface area contributed by atoms with Crippen molar-refractivity contribution in [3.8, 4) is 28.3 Å². The van der Waals surface area contributed by atoms with E-state index in [2.05, 4.69) is 15.4 Å². The van der Waals surface area contributed by atoms with Crippen LogP contribution in [0, 0.1) is 25.6 Å². The molecule has 6 rings (SSSR count). The van der Waals surface area contributed by atoms with Crippen LogP contribution in [0.3, 0.4) is 0 Å². The maximum atomic E-state index is 15.3. The van der Waals surface area contributed by atoms with Crippen LogP contribution in [0.2, 0.25) is 0 Å². The number of nitrogens with zero attached hydrogens (tertiary/aromatic N) is 4. The standard InChI is InChI=1S/C34H37FN4O4/c1-6-42-33(40)27-17-26(27)21-7-9-23(10-8-21)43-29-14-12-25-24(11-13-28(35)31(25)29)30-19(2)15-22(16-20(30)3)32-36-38-39(37-32)18-34(4,5)41/h7-11,13,15-16,26-27,29,41H,6,12,14,17-18H2,1-5H3/t26-,27+,29-/m1/s1. The molecule has 1 saturated carbocycles. The summed E-state index contributed by atoms with van der Waals surface area (Å²) in [5.74, 6) is 0.908. The van der Waals surface area contributed by atoms with Crippen molar-refractivity contribution in [2.24, 2.45) is 5.92 Å². The van der Waals surface area contributed by atoms with Gasteiger partial charge in [0.2, 0.25) is 5.82 Å². The fourth-order valence-electron chi connectivity index (χ4n) is 6.35. The monoisotopic (exact) mass is 584 g/mol. The van der Waals surface area contributed by atoms with E-state index >= 15 is 4.39 Å². The van der Waals surface area contributed by atoms with E-state index < -0.39 is 5.60 Å². The molecule has 2 aliphatic carbocycles. The van der Waals surface area contributed by atoms with E-state index in [-0.39, 0.29) is 36.3 Å². The highest BCUT2D eigenvalue weighted by molar-refractivity contribution is 5.79. The first-order chi connectivity index (χ1) is 20.5. The largest absolute Gasteiger partial charge is 0.486 e. The number of aliphatic hydroxyl groups is 1. The Morgan fingerprint density at radius 2 is 1.84 bits per heavy atom. The molecule has 1 N–H and O–H groups in total. The van der Waals surface area contributed by atoms with Crippen molar-refractivity contribution in [3.05, 3.63) is 82.2 Å². The van der Waals surface area contributed by atoms with Crippen LogP contribution in [0.5, 0.6) is 5.75 Å². The van der Waals surface area contributed by atoms with Crippen LogP contribution in [0.15, 0.2) is 48.5 Å². The molecule has 1 heterocycles. The highest BCUT2D eigenvalue weighted by atomic mass is 19.1. The molecule has 9 heteroatoms. The molecule has 2 aliphatic rings. The normalized spacial score (nSPS) is 19.3. The van der Waals surface area contributed by atoms with Gasteiger partial charge in [-0.3, -0.25) is 4.79 Å². The number of benzene rings is 3. The first-order valence-corrected chi connectivity index (χ1v) is 14.9. The highest BCUT2D eigenvalue weighted by Crippen LogP contribution is 2.49. The zero-order valence-electron chi connectivity index (χ0n) is 25.2. The van der Waals surface area contributed by atoms with E-state index in [1.807, 2.05) is 63.2 Å². The molecule has 0 radical (unpaired) electrons. The molecule has 0 amide bonds. The van der Waals surface area contributed by atoms with Gasteiger partial charge in [0.05, 0.1) is 24.7 Å². The number of halogens is 1. The summed E-state index contributed by atoms with van der Waals surface area (Å²) >= 11 is 0. The second-order valence-electron chi connectivity index (χ2n) is 12.3. The molecule has 0 spiro atoms. The van der Waals surface area contributed by atoms with Crippen molar-refractivity contribution in [2.45, 2.75) is 78.0 Å². The predicted octanol–water partition coefficient (Wildman–Crippen LogP) is 6.27. The molecule has 0 aliphatic heterocycles. The number of aromatic nitrogens is 4. The van der Waals surface area contributed by atoms with E-state index in [0.717, 1.165) is 45.4 Å². The van der Waals surface area contributed by atoms with Crippen molar-refractivity contribution in [3.63, 3.8) is 0 Å². The lowest BCUT2D eigenvalue weighted by Gasteiger charge is -2.19. The third-order valence-corrected chi connectivity index (χ3v) is 8.29. The fraction of sp³-hybridized carbons (Fsp3) is 0.412. The quantitative estimate of drug-likeness (QED) is 0.232. The molecule has 43 heavy (non-hydrogen) atoms. The second-order valence-corrected chi connectivity index (χ2v) is 12.3. The van der Waals surface area contributed by atoms with E-state index in [4.69, 9.17) is 9.47 Å². The number of hydrogen-bond acceptors (Lipinski definition) is 7. The summed E-state index contributed by atoms with van der Waals surface area (Å²) in [7, 11) is 0. The number of fused-ring (bicyclic) bond motifs is 1. The Morgan fingerprint density at radius 3 is 2.51 bits per heavy atom. The molecule has 4 aromatic rings. The Morgan fingerprint density at radius 1 is 1.12 bits per heavy atom. The predicted molar refractivity (Wildman–Crippen MR) is 160 cm³/mol. The van der Waals surface area contributed by atoms with Crippen LogP contribution in [-0.2, 0) is 22.5 Å². The van der Waals surface area contributed by atoms with Gasteiger partial charge >= 0.3 is 5.97 Å².